The minimum atomic E-state index is -4.13. The molecule has 0 unspecified atom stereocenters. The smallest absolute Gasteiger partial charge is 0.374 e. The van der Waals surface area contributed by atoms with E-state index in [4.69, 9.17) is 9.84 Å². The van der Waals surface area contributed by atoms with Gasteiger partial charge >= 0.3 is 11.9 Å². The van der Waals surface area contributed by atoms with Crippen molar-refractivity contribution < 1.29 is 32.2 Å². The van der Waals surface area contributed by atoms with Gasteiger partial charge in [-0.3, -0.25) is 5.10 Å². The van der Waals surface area contributed by atoms with E-state index in [0.717, 1.165) is 6.07 Å². The fourth-order valence-electron chi connectivity index (χ4n) is 4.04. The van der Waals surface area contributed by atoms with Crippen molar-refractivity contribution in [3.63, 3.8) is 0 Å². The average Bonchev–Trinajstić information content (AvgIpc) is 3.31. The molecule has 168 valence electrons. The molecule has 0 saturated heterocycles. The van der Waals surface area contributed by atoms with Crippen molar-refractivity contribution >= 4 is 27.8 Å². The highest BCUT2D eigenvalue weighted by atomic mass is 19.3. The molecule has 2 aromatic carbocycles. The fourth-order valence-corrected chi connectivity index (χ4v) is 4.04. The summed E-state index contributed by atoms with van der Waals surface area (Å²) in [6, 6.07) is 5.51. The number of aromatic amines is 1. The molecule has 0 fully saturated rings. The number of carboxylic acids is 1. The summed E-state index contributed by atoms with van der Waals surface area (Å²) < 4.78 is 64.9. The SMILES string of the molecule is COc1cc(-n2c(C(C)C)c(CC(F)(F)C(=O)O)c3c(F)c4[nH]ncc4cc32)ccc1F. The summed E-state index contributed by atoms with van der Waals surface area (Å²) in [6.07, 6.45) is 0.176. The zero-order valence-electron chi connectivity index (χ0n) is 17.3. The van der Waals surface area contributed by atoms with Crippen molar-refractivity contribution in [2.24, 2.45) is 0 Å². The van der Waals surface area contributed by atoms with Gasteiger partial charge in [-0.1, -0.05) is 13.8 Å². The summed E-state index contributed by atoms with van der Waals surface area (Å²) in [5, 5.41) is 15.6. The van der Waals surface area contributed by atoms with Crippen molar-refractivity contribution in [1.82, 2.24) is 14.8 Å². The van der Waals surface area contributed by atoms with Gasteiger partial charge in [0.15, 0.2) is 17.4 Å². The molecular weight excluding hydrogens is 430 g/mol. The Morgan fingerprint density at radius 2 is 2.00 bits per heavy atom. The van der Waals surface area contributed by atoms with E-state index in [-0.39, 0.29) is 33.4 Å². The summed E-state index contributed by atoms with van der Waals surface area (Å²) in [6.45, 7) is 3.44. The lowest BCUT2D eigenvalue weighted by atomic mass is 9.97. The van der Waals surface area contributed by atoms with Crippen molar-refractivity contribution in [3.8, 4) is 11.4 Å². The van der Waals surface area contributed by atoms with Crippen LogP contribution in [0.2, 0.25) is 0 Å². The van der Waals surface area contributed by atoms with Crippen LogP contribution in [-0.2, 0) is 11.2 Å². The Morgan fingerprint density at radius 1 is 1.28 bits per heavy atom. The number of carboxylic acid groups (broad SMARTS) is 1. The Labute approximate surface area is 179 Å². The standard InChI is InChI=1S/C22H19F4N3O3/c1-10(2)20-13(8-22(25,26)21(30)31)17-15(6-11-9-27-28-19(11)18(17)24)29(20)12-4-5-14(23)16(7-12)32-3/h4-7,9-10H,8H2,1-3H3,(H,27,28)(H,30,31). The number of hydrogen-bond donors (Lipinski definition) is 2. The van der Waals surface area contributed by atoms with Gasteiger partial charge in [-0.25, -0.2) is 13.6 Å². The molecule has 0 spiro atoms. The van der Waals surface area contributed by atoms with Gasteiger partial charge in [0.1, 0.15) is 5.52 Å². The average molecular weight is 449 g/mol. The second kappa shape index (κ2) is 7.54. The fraction of sp³-hybridized carbons (Fsp3) is 0.273. The van der Waals surface area contributed by atoms with Crippen molar-refractivity contribution in [1.29, 1.82) is 0 Å². The summed E-state index contributed by atoms with van der Waals surface area (Å²) in [5.74, 6) is -8.37. The van der Waals surface area contributed by atoms with Gasteiger partial charge in [0, 0.05) is 28.2 Å². The summed E-state index contributed by atoms with van der Waals surface area (Å²) in [5.41, 5.74) is 0.740. The molecule has 2 aromatic heterocycles. The van der Waals surface area contributed by atoms with Crippen LogP contribution in [0.1, 0.15) is 31.0 Å². The topological polar surface area (TPSA) is 80.1 Å². The van der Waals surface area contributed by atoms with Crippen LogP contribution in [0, 0.1) is 11.6 Å². The second-order valence-electron chi connectivity index (χ2n) is 7.78. The Balaban J connectivity index is 2.16. The first kappa shape index (κ1) is 21.7. The molecule has 0 aliphatic heterocycles. The van der Waals surface area contributed by atoms with Gasteiger partial charge in [-0.05, 0) is 29.7 Å². The van der Waals surface area contributed by atoms with E-state index < -0.39 is 35.9 Å². The molecule has 32 heavy (non-hydrogen) atoms. The Bertz CT molecular complexity index is 1360. The maximum atomic E-state index is 15.6. The molecule has 4 rings (SSSR count). The largest absolute Gasteiger partial charge is 0.494 e. The molecule has 0 radical (unpaired) electrons. The minimum Gasteiger partial charge on any atom is -0.494 e. The number of nitrogens with zero attached hydrogens (tertiary/aromatic N) is 2. The highest BCUT2D eigenvalue weighted by Crippen LogP contribution is 2.41. The number of aromatic nitrogens is 3. The number of H-pyrrole nitrogens is 1. The van der Waals surface area contributed by atoms with Crippen LogP contribution in [0.4, 0.5) is 17.6 Å². The molecule has 2 N–H and O–H groups in total. The third-order valence-electron chi connectivity index (χ3n) is 5.40. The van der Waals surface area contributed by atoms with E-state index in [0.29, 0.717) is 11.1 Å². The summed E-state index contributed by atoms with van der Waals surface area (Å²) in [7, 11) is 1.28. The van der Waals surface area contributed by atoms with Crippen molar-refractivity contribution in [3.05, 3.63) is 53.4 Å². The first-order chi connectivity index (χ1) is 15.1. The van der Waals surface area contributed by atoms with Crippen LogP contribution >= 0.6 is 0 Å². The summed E-state index contributed by atoms with van der Waals surface area (Å²) in [4.78, 5) is 11.2. The third kappa shape index (κ3) is 3.26. The lowest BCUT2D eigenvalue weighted by Crippen LogP contribution is -2.31. The molecule has 0 saturated carbocycles. The van der Waals surface area contributed by atoms with E-state index in [1.165, 1.54) is 30.0 Å². The van der Waals surface area contributed by atoms with Gasteiger partial charge in [0.25, 0.3) is 0 Å². The van der Waals surface area contributed by atoms with Crippen LogP contribution in [0.25, 0.3) is 27.5 Å². The van der Waals surface area contributed by atoms with Gasteiger partial charge in [0.05, 0.1) is 25.2 Å². The van der Waals surface area contributed by atoms with E-state index in [9.17, 15) is 18.0 Å². The van der Waals surface area contributed by atoms with Crippen LogP contribution in [0.3, 0.4) is 0 Å². The highest BCUT2D eigenvalue weighted by Gasteiger charge is 2.41. The lowest BCUT2D eigenvalue weighted by molar-refractivity contribution is -0.164. The van der Waals surface area contributed by atoms with E-state index in [2.05, 4.69) is 10.2 Å². The van der Waals surface area contributed by atoms with Crippen LogP contribution in [-0.4, -0.2) is 38.9 Å². The number of rotatable bonds is 6. The minimum absolute atomic E-state index is 0.0153. The first-order valence-corrected chi connectivity index (χ1v) is 9.70. The second-order valence-corrected chi connectivity index (χ2v) is 7.78. The Morgan fingerprint density at radius 3 is 2.62 bits per heavy atom. The van der Waals surface area contributed by atoms with E-state index in [1.807, 2.05) is 0 Å². The first-order valence-electron chi connectivity index (χ1n) is 9.70. The number of alkyl halides is 2. The van der Waals surface area contributed by atoms with Gasteiger partial charge in [0.2, 0.25) is 0 Å². The predicted octanol–water partition coefficient (Wildman–Crippen LogP) is 5.18. The van der Waals surface area contributed by atoms with Crippen LogP contribution in [0.15, 0.2) is 30.5 Å². The molecule has 0 aliphatic carbocycles. The Kier molecular flexibility index (Phi) is 5.10. The lowest BCUT2D eigenvalue weighted by Gasteiger charge is -2.18. The molecular formula is C22H19F4N3O3. The quantitative estimate of drug-likeness (QED) is 0.398. The molecule has 0 aliphatic rings. The molecule has 4 aromatic rings. The number of hydrogen-bond acceptors (Lipinski definition) is 3. The third-order valence-corrected chi connectivity index (χ3v) is 5.40. The number of fused-ring (bicyclic) bond motifs is 2. The number of ether oxygens (including phenoxy) is 1. The molecule has 0 bridgehead atoms. The number of benzene rings is 2. The monoisotopic (exact) mass is 449 g/mol. The van der Waals surface area contributed by atoms with Crippen molar-refractivity contribution in [2.75, 3.05) is 7.11 Å². The zero-order chi connectivity index (χ0) is 23.4. The number of carbonyl (C=O) groups is 1. The van der Waals surface area contributed by atoms with Gasteiger partial charge in [-0.2, -0.15) is 13.9 Å². The predicted molar refractivity (Wildman–Crippen MR) is 110 cm³/mol. The van der Waals surface area contributed by atoms with E-state index >= 15 is 4.39 Å². The van der Waals surface area contributed by atoms with Gasteiger partial charge in [-0.15, -0.1) is 0 Å². The molecule has 0 amide bonds. The summed E-state index contributed by atoms with van der Waals surface area (Å²) >= 11 is 0. The maximum Gasteiger partial charge on any atom is 0.374 e. The van der Waals surface area contributed by atoms with Crippen molar-refractivity contribution in [2.45, 2.75) is 32.1 Å². The number of halogens is 4. The van der Waals surface area contributed by atoms with Gasteiger partial charge < -0.3 is 14.4 Å². The maximum absolute atomic E-state index is 15.6. The van der Waals surface area contributed by atoms with Crippen LogP contribution in [0.5, 0.6) is 5.75 Å². The molecule has 0 atom stereocenters. The zero-order valence-corrected chi connectivity index (χ0v) is 17.3. The number of aliphatic carboxylic acids is 1. The van der Waals surface area contributed by atoms with Crippen LogP contribution < -0.4 is 4.74 Å². The highest BCUT2D eigenvalue weighted by molar-refractivity contribution is 6.00. The molecule has 10 heteroatoms. The number of nitrogens with one attached hydrogen (secondary N) is 1. The van der Waals surface area contributed by atoms with E-state index in [1.54, 1.807) is 19.9 Å². The molecule has 2 heterocycles. The Hall–Kier alpha value is -3.56. The molecule has 6 nitrogen and oxygen atoms in total. The number of methoxy groups -OCH3 is 1. The normalized spacial score (nSPS) is 12.2.